The summed E-state index contributed by atoms with van der Waals surface area (Å²) in [5, 5.41) is 3.36. The fourth-order valence-electron chi connectivity index (χ4n) is 2.15. The van der Waals surface area contributed by atoms with Crippen molar-refractivity contribution in [3.05, 3.63) is 29.8 Å². The first-order chi connectivity index (χ1) is 9.26. The van der Waals surface area contributed by atoms with E-state index in [0.29, 0.717) is 0 Å². The fourth-order valence-corrected chi connectivity index (χ4v) is 2.15. The Labute approximate surface area is 118 Å². The Hall–Kier alpha value is -1.06. The van der Waals surface area contributed by atoms with Crippen LogP contribution in [0.3, 0.4) is 0 Å². The lowest BCUT2D eigenvalue weighted by Crippen LogP contribution is -2.19. The van der Waals surface area contributed by atoms with Crippen LogP contribution >= 0.6 is 0 Å². The topological polar surface area (TPSA) is 24.5 Å². The first kappa shape index (κ1) is 16.0. The highest BCUT2D eigenvalue weighted by Gasteiger charge is 2.01. The van der Waals surface area contributed by atoms with Crippen molar-refractivity contribution >= 4 is 0 Å². The van der Waals surface area contributed by atoms with Crippen molar-refractivity contribution in [1.29, 1.82) is 0 Å². The van der Waals surface area contributed by atoms with Gasteiger partial charge < -0.3 is 15.0 Å². The average molecular weight is 264 g/mol. The molecule has 0 bridgehead atoms. The van der Waals surface area contributed by atoms with Gasteiger partial charge in [0, 0.05) is 6.54 Å². The summed E-state index contributed by atoms with van der Waals surface area (Å²) in [6, 6.07) is 8.31. The molecule has 1 N–H and O–H groups in total. The molecule has 0 saturated carbocycles. The van der Waals surface area contributed by atoms with Crippen molar-refractivity contribution < 1.29 is 4.74 Å². The van der Waals surface area contributed by atoms with Gasteiger partial charge in [-0.05, 0) is 57.2 Å². The zero-order chi connectivity index (χ0) is 13.9. The second-order valence-corrected chi connectivity index (χ2v) is 5.00. The molecule has 19 heavy (non-hydrogen) atoms. The zero-order valence-electron chi connectivity index (χ0n) is 12.6. The van der Waals surface area contributed by atoms with Crippen molar-refractivity contribution in [1.82, 2.24) is 10.2 Å². The summed E-state index contributed by atoms with van der Waals surface area (Å²) in [5.74, 6) is 0.941. The number of hydrogen-bond donors (Lipinski definition) is 1. The molecule has 108 valence electrons. The highest BCUT2D eigenvalue weighted by molar-refractivity contribution is 5.28. The number of ether oxygens (including phenoxy) is 1. The van der Waals surface area contributed by atoms with Gasteiger partial charge in [0.1, 0.15) is 5.75 Å². The Balaban J connectivity index is 2.17. The van der Waals surface area contributed by atoms with Crippen LogP contribution in [0.1, 0.15) is 31.7 Å². The van der Waals surface area contributed by atoms with Crippen LogP contribution in [-0.2, 0) is 6.54 Å². The second kappa shape index (κ2) is 9.82. The minimum absolute atomic E-state index is 0.941. The summed E-state index contributed by atoms with van der Waals surface area (Å²) in [5.41, 5.74) is 1.31. The van der Waals surface area contributed by atoms with Gasteiger partial charge in [0.05, 0.1) is 7.11 Å². The van der Waals surface area contributed by atoms with Crippen LogP contribution in [0, 0.1) is 0 Å². The van der Waals surface area contributed by atoms with E-state index in [1.165, 1.54) is 24.8 Å². The number of rotatable bonds is 10. The molecule has 0 heterocycles. The molecule has 0 fully saturated rings. The molecule has 1 aromatic carbocycles. The van der Waals surface area contributed by atoms with Crippen molar-refractivity contribution in [2.75, 3.05) is 33.8 Å². The molecule has 1 aromatic rings. The smallest absolute Gasteiger partial charge is 0.119 e. The molecule has 0 spiro atoms. The number of benzene rings is 1. The maximum absolute atomic E-state index is 5.25. The first-order valence-corrected chi connectivity index (χ1v) is 7.28. The number of unbranched alkanes of at least 4 members (excludes halogenated alkanes) is 2. The predicted octanol–water partition coefficient (Wildman–Crippen LogP) is 2.91. The van der Waals surface area contributed by atoms with E-state index >= 15 is 0 Å². The Morgan fingerprint density at radius 1 is 1.21 bits per heavy atom. The Kier molecular flexibility index (Phi) is 8.26. The highest BCUT2D eigenvalue weighted by atomic mass is 16.5. The molecule has 0 radical (unpaired) electrons. The van der Waals surface area contributed by atoms with Crippen LogP contribution in [0.5, 0.6) is 5.75 Å². The summed E-state index contributed by atoms with van der Waals surface area (Å²) in [7, 11) is 3.90. The van der Waals surface area contributed by atoms with Crippen LogP contribution in [0.15, 0.2) is 24.3 Å². The summed E-state index contributed by atoms with van der Waals surface area (Å²) < 4.78 is 5.25. The van der Waals surface area contributed by atoms with Crippen LogP contribution in [0.2, 0.25) is 0 Å². The molecule has 0 aliphatic heterocycles. The molecular formula is C16H28N2O. The van der Waals surface area contributed by atoms with E-state index in [0.717, 1.165) is 31.9 Å². The number of methoxy groups -OCH3 is 1. The number of nitrogens with one attached hydrogen (secondary N) is 1. The third kappa shape index (κ3) is 7.19. The summed E-state index contributed by atoms with van der Waals surface area (Å²) in [6.45, 7) is 6.53. The van der Waals surface area contributed by atoms with Gasteiger partial charge in [-0.15, -0.1) is 0 Å². The third-order valence-electron chi connectivity index (χ3n) is 3.23. The van der Waals surface area contributed by atoms with Gasteiger partial charge in [0.2, 0.25) is 0 Å². The molecule has 1 rings (SSSR count). The fraction of sp³-hybridized carbons (Fsp3) is 0.625. The van der Waals surface area contributed by atoms with E-state index in [1.54, 1.807) is 7.11 Å². The highest BCUT2D eigenvalue weighted by Crippen LogP contribution is 2.14. The molecule has 0 aromatic heterocycles. The molecule has 0 saturated heterocycles. The summed E-state index contributed by atoms with van der Waals surface area (Å²) in [6.07, 6.45) is 3.85. The van der Waals surface area contributed by atoms with E-state index in [4.69, 9.17) is 4.74 Å². The molecule has 0 unspecified atom stereocenters. The third-order valence-corrected chi connectivity index (χ3v) is 3.23. The normalized spacial score (nSPS) is 10.9. The van der Waals surface area contributed by atoms with E-state index < -0.39 is 0 Å². The maximum atomic E-state index is 5.25. The van der Waals surface area contributed by atoms with Gasteiger partial charge in [-0.3, -0.25) is 0 Å². The van der Waals surface area contributed by atoms with E-state index in [2.05, 4.69) is 42.4 Å². The Bertz CT molecular complexity index is 341. The van der Waals surface area contributed by atoms with E-state index in [9.17, 15) is 0 Å². The lowest BCUT2D eigenvalue weighted by atomic mass is 10.2. The van der Waals surface area contributed by atoms with Gasteiger partial charge in [-0.25, -0.2) is 0 Å². The minimum atomic E-state index is 0.941. The van der Waals surface area contributed by atoms with Crippen LogP contribution < -0.4 is 10.1 Å². The zero-order valence-corrected chi connectivity index (χ0v) is 12.6. The average Bonchev–Trinajstić information content (AvgIpc) is 2.43. The monoisotopic (exact) mass is 264 g/mol. The van der Waals surface area contributed by atoms with Crippen LogP contribution in [0.4, 0.5) is 0 Å². The number of hydrogen-bond acceptors (Lipinski definition) is 3. The second-order valence-electron chi connectivity index (χ2n) is 5.00. The van der Waals surface area contributed by atoms with Crippen molar-refractivity contribution in [3.63, 3.8) is 0 Å². The summed E-state index contributed by atoms with van der Waals surface area (Å²) in [4.78, 5) is 2.38. The summed E-state index contributed by atoms with van der Waals surface area (Å²) >= 11 is 0. The largest absolute Gasteiger partial charge is 0.497 e. The molecule has 0 aliphatic rings. The SMILES string of the molecule is CCNCCCCCN(C)Cc1cccc(OC)c1. The van der Waals surface area contributed by atoms with Crippen LogP contribution in [-0.4, -0.2) is 38.7 Å². The maximum Gasteiger partial charge on any atom is 0.119 e. The van der Waals surface area contributed by atoms with Crippen LogP contribution in [0.25, 0.3) is 0 Å². The quantitative estimate of drug-likeness (QED) is 0.658. The Morgan fingerprint density at radius 2 is 2.05 bits per heavy atom. The molecule has 3 heteroatoms. The van der Waals surface area contributed by atoms with Gasteiger partial charge in [-0.1, -0.05) is 25.5 Å². The molecule has 0 atom stereocenters. The molecular weight excluding hydrogens is 236 g/mol. The molecule has 0 aliphatic carbocycles. The first-order valence-electron chi connectivity index (χ1n) is 7.28. The standard InChI is InChI=1S/C16H28N2O/c1-4-17-11-6-5-7-12-18(2)14-15-9-8-10-16(13-15)19-3/h8-10,13,17H,4-7,11-12,14H2,1-3H3. The Morgan fingerprint density at radius 3 is 2.79 bits per heavy atom. The molecule has 0 amide bonds. The lowest BCUT2D eigenvalue weighted by Gasteiger charge is -2.17. The predicted molar refractivity (Wildman–Crippen MR) is 81.7 cm³/mol. The van der Waals surface area contributed by atoms with E-state index in [-0.39, 0.29) is 0 Å². The van der Waals surface area contributed by atoms with Crippen molar-refractivity contribution in [3.8, 4) is 5.75 Å². The number of nitrogens with zero attached hydrogens (tertiary/aromatic N) is 1. The minimum Gasteiger partial charge on any atom is -0.497 e. The molecule has 3 nitrogen and oxygen atoms in total. The van der Waals surface area contributed by atoms with Crippen molar-refractivity contribution in [2.45, 2.75) is 32.7 Å². The van der Waals surface area contributed by atoms with Gasteiger partial charge in [0.15, 0.2) is 0 Å². The van der Waals surface area contributed by atoms with Gasteiger partial charge in [0.25, 0.3) is 0 Å². The van der Waals surface area contributed by atoms with Gasteiger partial charge in [-0.2, -0.15) is 0 Å². The van der Waals surface area contributed by atoms with E-state index in [1.807, 2.05) is 6.07 Å². The van der Waals surface area contributed by atoms with Crippen molar-refractivity contribution in [2.24, 2.45) is 0 Å². The van der Waals surface area contributed by atoms with Gasteiger partial charge >= 0.3 is 0 Å². The lowest BCUT2D eigenvalue weighted by molar-refractivity contribution is 0.316.